The van der Waals surface area contributed by atoms with Gasteiger partial charge in [-0.1, -0.05) is 12.1 Å². The zero-order chi connectivity index (χ0) is 21.3. The maximum absolute atomic E-state index is 12.2. The first-order valence-electron chi connectivity index (χ1n) is 9.66. The van der Waals surface area contributed by atoms with Gasteiger partial charge < -0.3 is 24.3 Å². The molecule has 8 heteroatoms. The van der Waals surface area contributed by atoms with E-state index in [2.05, 4.69) is 17.4 Å². The molecule has 0 aliphatic carbocycles. The number of carbonyl (C=O) groups is 1. The molecule has 0 radical (unpaired) electrons. The Morgan fingerprint density at radius 1 is 0.967 bits per heavy atom. The number of methoxy groups -OCH3 is 3. The Hall–Kier alpha value is -2.19. The molecule has 6 nitrogen and oxygen atoms in total. The molecule has 2 aromatic carbocycles. The number of hydrogen-bond acceptors (Lipinski definition) is 7. The fourth-order valence-electron chi connectivity index (χ4n) is 3.03. The number of hydrogen-bond donors (Lipinski definition) is 1. The molecule has 1 aliphatic heterocycles. The summed E-state index contributed by atoms with van der Waals surface area (Å²) in [4.78, 5) is 12.2. The van der Waals surface area contributed by atoms with Gasteiger partial charge in [-0.2, -0.15) is 0 Å². The summed E-state index contributed by atoms with van der Waals surface area (Å²) in [6.07, 6.45) is 1.28. The SMILES string of the molecule is COc1cc(OC)c(OC)cc1CNC(=O)COc1ccc(C2SCCCS2)cc1. The van der Waals surface area contributed by atoms with Crippen molar-refractivity contribution in [2.45, 2.75) is 17.5 Å². The van der Waals surface area contributed by atoms with E-state index < -0.39 is 0 Å². The Morgan fingerprint density at radius 2 is 1.60 bits per heavy atom. The number of thioether (sulfide) groups is 2. The lowest BCUT2D eigenvalue weighted by Crippen LogP contribution is -2.28. The molecule has 3 rings (SSSR count). The van der Waals surface area contributed by atoms with Crippen LogP contribution in [0.4, 0.5) is 0 Å². The van der Waals surface area contributed by atoms with E-state index in [9.17, 15) is 4.79 Å². The first-order valence-corrected chi connectivity index (χ1v) is 11.8. The average molecular weight is 450 g/mol. The minimum Gasteiger partial charge on any atom is -0.496 e. The molecule has 1 fully saturated rings. The molecule has 1 N–H and O–H groups in total. The van der Waals surface area contributed by atoms with Crippen LogP contribution in [0.25, 0.3) is 0 Å². The van der Waals surface area contributed by atoms with Crippen LogP contribution in [0.3, 0.4) is 0 Å². The molecule has 0 bridgehead atoms. The van der Waals surface area contributed by atoms with Crippen molar-refractivity contribution in [3.63, 3.8) is 0 Å². The van der Waals surface area contributed by atoms with Crippen LogP contribution in [0.1, 0.15) is 22.1 Å². The second-order valence-corrected chi connectivity index (χ2v) is 9.30. The molecule has 1 saturated heterocycles. The Labute approximate surface area is 186 Å². The summed E-state index contributed by atoms with van der Waals surface area (Å²) in [6, 6.07) is 11.5. The predicted molar refractivity (Wildman–Crippen MR) is 122 cm³/mol. The van der Waals surface area contributed by atoms with E-state index in [0.717, 1.165) is 5.56 Å². The van der Waals surface area contributed by atoms with Gasteiger partial charge in [0.15, 0.2) is 18.1 Å². The van der Waals surface area contributed by atoms with E-state index in [4.69, 9.17) is 18.9 Å². The van der Waals surface area contributed by atoms with Crippen LogP contribution in [-0.2, 0) is 11.3 Å². The maximum atomic E-state index is 12.2. The van der Waals surface area contributed by atoms with Crippen LogP contribution in [0.5, 0.6) is 23.0 Å². The number of benzene rings is 2. The van der Waals surface area contributed by atoms with Crippen LogP contribution in [0.2, 0.25) is 0 Å². The molecule has 0 atom stereocenters. The molecule has 1 heterocycles. The molecule has 0 saturated carbocycles. The summed E-state index contributed by atoms with van der Waals surface area (Å²) in [5.74, 6) is 4.65. The van der Waals surface area contributed by atoms with Crippen molar-refractivity contribution in [1.82, 2.24) is 5.32 Å². The molecule has 0 spiro atoms. The molecule has 1 amide bonds. The van der Waals surface area contributed by atoms with Crippen molar-refractivity contribution in [2.75, 3.05) is 39.4 Å². The van der Waals surface area contributed by atoms with Crippen molar-refractivity contribution in [3.05, 3.63) is 47.5 Å². The predicted octanol–water partition coefficient (Wildman–Crippen LogP) is 4.28. The Kier molecular flexibility index (Phi) is 8.45. The molecule has 1 aliphatic rings. The second kappa shape index (κ2) is 11.3. The van der Waals surface area contributed by atoms with Crippen molar-refractivity contribution in [3.8, 4) is 23.0 Å². The van der Waals surface area contributed by atoms with Gasteiger partial charge in [-0.25, -0.2) is 0 Å². The first kappa shape index (κ1) is 22.5. The number of nitrogens with one attached hydrogen (secondary N) is 1. The van der Waals surface area contributed by atoms with Crippen LogP contribution in [-0.4, -0.2) is 45.3 Å². The zero-order valence-electron chi connectivity index (χ0n) is 17.4. The quantitative estimate of drug-likeness (QED) is 0.613. The Balaban J connectivity index is 1.51. The summed E-state index contributed by atoms with van der Waals surface area (Å²) in [7, 11) is 4.70. The highest BCUT2D eigenvalue weighted by Gasteiger charge is 2.16. The topological polar surface area (TPSA) is 66.0 Å². The van der Waals surface area contributed by atoms with E-state index in [-0.39, 0.29) is 12.5 Å². The van der Waals surface area contributed by atoms with E-state index in [0.29, 0.717) is 34.1 Å². The van der Waals surface area contributed by atoms with Gasteiger partial charge in [0, 0.05) is 18.2 Å². The summed E-state index contributed by atoms with van der Waals surface area (Å²) in [6.45, 7) is 0.239. The van der Waals surface area contributed by atoms with E-state index in [1.165, 1.54) is 23.5 Å². The van der Waals surface area contributed by atoms with E-state index >= 15 is 0 Å². The smallest absolute Gasteiger partial charge is 0.258 e. The third kappa shape index (κ3) is 5.92. The Morgan fingerprint density at radius 3 is 2.23 bits per heavy atom. The van der Waals surface area contributed by atoms with Gasteiger partial charge >= 0.3 is 0 Å². The zero-order valence-corrected chi connectivity index (χ0v) is 19.1. The average Bonchev–Trinajstić information content (AvgIpc) is 2.81. The lowest BCUT2D eigenvalue weighted by molar-refractivity contribution is -0.123. The molecular formula is C22H27NO5S2. The van der Waals surface area contributed by atoms with Gasteiger partial charge in [0.05, 0.1) is 25.9 Å². The van der Waals surface area contributed by atoms with Gasteiger partial charge in [0.2, 0.25) is 0 Å². The number of amides is 1. The molecule has 0 aromatic heterocycles. The van der Waals surface area contributed by atoms with Crippen molar-refractivity contribution in [2.24, 2.45) is 0 Å². The highest BCUT2D eigenvalue weighted by atomic mass is 32.2. The standard InChI is InChI=1S/C22H27NO5S2/c1-25-18-12-20(27-3)19(26-2)11-16(18)13-23-21(24)14-28-17-7-5-15(6-8-17)22-29-9-4-10-30-22/h5-8,11-12,22H,4,9-10,13-14H2,1-3H3,(H,23,24). The summed E-state index contributed by atoms with van der Waals surface area (Å²) < 4.78 is 22.1. The van der Waals surface area contributed by atoms with Crippen molar-refractivity contribution >= 4 is 29.4 Å². The maximum Gasteiger partial charge on any atom is 0.258 e. The highest BCUT2D eigenvalue weighted by molar-refractivity contribution is 8.16. The lowest BCUT2D eigenvalue weighted by atomic mass is 10.1. The van der Waals surface area contributed by atoms with Crippen molar-refractivity contribution in [1.29, 1.82) is 0 Å². The minimum atomic E-state index is -0.214. The molecule has 0 unspecified atom stereocenters. The summed E-state index contributed by atoms with van der Waals surface area (Å²) >= 11 is 3.97. The highest BCUT2D eigenvalue weighted by Crippen LogP contribution is 2.43. The third-order valence-electron chi connectivity index (χ3n) is 4.61. The van der Waals surface area contributed by atoms with Gasteiger partial charge in [-0.3, -0.25) is 4.79 Å². The van der Waals surface area contributed by atoms with E-state index in [1.54, 1.807) is 33.5 Å². The molecular weight excluding hydrogens is 422 g/mol. The summed E-state index contributed by atoms with van der Waals surface area (Å²) in [5.41, 5.74) is 2.08. The second-order valence-electron chi connectivity index (χ2n) is 6.58. The molecule has 162 valence electrons. The van der Waals surface area contributed by atoms with Crippen molar-refractivity contribution < 1.29 is 23.7 Å². The largest absolute Gasteiger partial charge is 0.496 e. The van der Waals surface area contributed by atoms with Crippen LogP contribution in [0, 0.1) is 0 Å². The monoisotopic (exact) mass is 449 g/mol. The first-order chi connectivity index (χ1) is 14.6. The third-order valence-corrected chi connectivity index (χ3v) is 7.63. The van der Waals surface area contributed by atoms with Gasteiger partial charge in [-0.15, -0.1) is 23.5 Å². The van der Waals surface area contributed by atoms with Crippen LogP contribution < -0.4 is 24.3 Å². The minimum absolute atomic E-state index is 0.0537. The van der Waals surface area contributed by atoms with Crippen LogP contribution in [0.15, 0.2) is 36.4 Å². The van der Waals surface area contributed by atoms with Gasteiger partial charge in [0.25, 0.3) is 5.91 Å². The Bertz CT molecular complexity index is 838. The number of rotatable bonds is 9. The number of ether oxygens (including phenoxy) is 4. The fourth-order valence-corrected chi connectivity index (χ4v) is 5.92. The fraction of sp³-hybridized carbons (Fsp3) is 0.409. The lowest BCUT2D eigenvalue weighted by Gasteiger charge is -2.21. The van der Waals surface area contributed by atoms with Crippen LogP contribution >= 0.6 is 23.5 Å². The van der Waals surface area contributed by atoms with E-state index in [1.807, 2.05) is 35.7 Å². The molecule has 2 aromatic rings. The summed E-state index contributed by atoms with van der Waals surface area (Å²) in [5, 5.41) is 2.85. The molecule has 30 heavy (non-hydrogen) atoms. The van der Waals surface area contributed by atoms with Gasteiger partial charge in [-0.05, 0) is 41.7 Å². The van der Waals surface area contributed by atoms with Gasteiger partial charge in [0.1, 0.15) is 11.5 Å². The normalized spacial score (nSPS) is 14.1. The number of carbonyl (C=O) groups excluding carboxylic acids is 1.